The van der Waals surface area contributed by atoms with Crippen LogP contribution in [0.1, 0.15) is 5.56 Å². The molecule has 5 heteroatoms. The van der Waals surface area contributed by atoms with E-state index < -0.39 is 0 Å². The predicted molar refractivity (Wildman–Crippen MR) is 82.2 cm³/mol. The molecule has 4 nitrogen and oxygen atoms in total. The Morgan fingerprint density at radius 1 is 0.900 bits per heavy atom. The average molecular weight is 283 g/mol. The van der Waals surface area contributed by atoms with Gasteiger partial charge in [0.25, 0.3) is 0 Å². The number of hydrogen-bond donors (Lipinski definition) is 1. The van der Waals surface area contributed by atoms with Crippen molar-refractivity contribution < 1.29 is 0 Å². The molecule has 0 fully saturated rings. The number of benzene rings is 2. The molecule has 1 heterocycles. The fourth-order valence-electron chi connectivity index (χ4n) is 1.86. The highest BCUT2D eigenvalue weighted by atomic mass is 35.5. The molecule has 0 unspecified atom stereocenters. The number of nitrogens with one attached hydrogen (secondary N) is 1. The van der Waals surface area contributed by atoms with Crippen LogP contribution in [0.25, 0.3) is 10.8 Å². The molecule has 3 aromatic rings. The molecule has 0 saturated carbocycles. The lowest BCUT2D eigenvalue weighted by Crippen LogP contribution is -1.97. The van der Waals surface area contributed by atoms with E-state index in [0.717, 1.165) is 16.3 Å². The van der Waals surface area contributed by atoms with E-state index in [0.29, 0.717) is 11.0 Å². The first-order chi connectivity index (χ1) is 9.84. The number of hydrogen-bond acceptors (Lipinski definition) is 4. The highest BCUT2D eigenvalue weighted by Gasteiger charge is 2.05. The van der Waals surface area contributed by atoms with Gasteiger partial charge in [0.2, 0.25) is 0 Å². The third kappa shape index (κ3) is 2.60. The van der Waals surface area contributed by atoms with Crippen molar-refractivity contribution in [3.63, 3.8) is 0 Å². The first-order valence-electron chi connectivity index (χ1n) is 6.09. The van der Waals surface area contributed by atoms with Crippen LogP contribution in [0.5, 0.6) is 0 Å². The molecule has 0 saturated heterocycles. The molecule has 0 atom stereocenters. The normalized spacial score (nSPS) is 11.1. The van der Waals surface area contributed by atoms with Gasteiger partial charge in [-0.25, -0.2) is 0 Å². The average Bonchev–Trinajstić information content (AvgIpc) is 2.51. The summed E-state index contributed by atoms with van der Waals surface area (Å²) in [5.41, 5.74) is 3.91. The minimum Gasteiger partial charge on any atom is -0.259 e. The number of halogens is 1. The molecule has 0 aliphatic carbocycles. The van der Waals surface area contributed by atoms with Gasteiger partial charge in [-0.2, -0.15) is 5.10 Å². The minimum absolute atomic E-state index is 0.387. The quantitative estimate of drug-likeness (QED) is 0.588. The molecule has 0 aliphatic heterocycles. The topological polar surface area (TPSA) is 50.2 Å². The SMILES string of the molecule is Clc1nnc(N/N=C\c2ccccc2)c2ccccc12. The van der Waals surface area contributed by atoms with Crippen LogP contribution in [0.2, 0.25) is 5.15 Å². The van der Waals surface area contributed by atoms with Gasteiger partial charge in [-0.1, -0.05) is 66.2 Å². The van der Waals surface area contributed by atoms with Gasteiger partial charge in [-0.15, -0.1) is 10.2 Å². The van der Waals surface area contributed by atoms with Crippen molar-refractivity contribution >= 4 is 34.4 Å². The Labute approximate surface area is 121 Å². The second-order valence-electron chi connectivity index (χ2n) is 4.17. The Morgan fingerprint density at radius 3 is 2.40 bits per heavy atom. The second-order valence-corrected chi connectivity index (χ2v) is 4.52. The molecule has 0 aliphatic rings. The molecule has 0 radical (unpaired) electrons. The van der Waals surface area contributed by atoms with Crippen LogP contribution in [0.3, 0.4) is 0 Å². The zero-order valence-corrected chi connectivity index (χ0v) is 11.2. The summed E-state index contributed by atoms with van der Waals surface area (Å²) in [7, 11) is 0. The maximum atomic E-state index is 6.02. The largest absolute Gasteiger partial charge is 0.259 e. The lowest BCUT2D eigenvalue weighted by atomic mass is 10.2. The van der Waals surface area contributed by atoms with Crippen LogP contribution in [-0.2, 0) is 0 Å². The molecule has 0 bridgehead atoms. The summed E-state index contributed by atoms with van der Waals surface area (Å²) in [5, 5.41) is 14.2. The molecular formula is C15H11ClN4. The van der Waals surface area contributed by atoms with Gasteiger partial charge in [-0.3, -0.25) is 5.43 Å². The van der Waals surface area contributed by atoms with E-state index in [4.69, 9.17) is 11.6 Å². The van der Waals surface area contributed by atoms with Crippen molar-refractivity contribution in [3.8, 4) is 0 Å². The van der Waals surface area contributed by atoms with Gasteiger partial charge in [0.05, 0.1) is 6.21 Å². The van der Waals surface area contributed by atoms with Crippen LogP contribution >= 0.6 is 11.6 Å². The van der Waals surface area contributed by atoms with Crippen LogP contribution in [-0.4, -0.2) is 16.4 Å². The molecule has 98 valence electrons. The fourth-order valence-corrected chi connectivity index (χ4v) is 2.06. The Kier molecular flexibility index (Phi) is 3.56. The summed E-state index contributed by atoms with van der Waals surface area (Å²) in [5.74, 6) is 0.581. The molecule has 3 rings (SSSR count). The lowest BCUT2D eigenvalue weighted by Gasteiger charge is -2.04. The smallest absolute Gasteiger partial charge is 0.176 e. The van der Waals surface area contributed by atoms with Crippen molar-refractivity contribution in [2.24, 2.45) is 5.10 Å². The predicted octanol–water partition coefficient (Wildman–Crippen LogP) is 3.73. The maximum absolute atomic E-state index is 6.02. The van der Waals surface area contributed by atoms with Gasteiger partial charge >= 0.3 is 0 Å². The van der Waals surface area contributed by atoms with Crippen molar-refractivity contribution in [2.45, 2.75) is 0 Å². The molecular weight excluding hydrogens is 272 g/mol. The van der Waals surface area contributed by atoms with Crippen molar-refractivity contribution in [2.75, 3.05) is 5.43 Å². The molecule has 0 amide bonds. The summed E-state index contributed by atoms with van der Waals surface area (Å²) in [4.78, 5) is 0. The number of nitrogens with zero attached hydrogens (tertiary/aromatic N) is 3. The monoisotopic (exact) mass is 282 g/mol. The van der Waals surface area contributed by atoms with Gasteiger partial charge in [0.15, 0.2) is 11.0 Å². The van der Waals surface area contributed by atoms with Crippen LogP contribution < -0.4 is 5.43 Å². The van der Waals surface area contributed by atoms with E-state index in [9.17, 15) is 0 Å². The van der Waals surface area contributed by atoms with E-state index >= 15 is 0 Å². The first-order valence-corrected chi connectivity index (χ1v) is 6.47. The van der Waals surface area contributed by atoms with Gasteiger partial charge < -0.3 is 0 Å². The second kappa shape index (κ2) is 5.67. The third-order valence-electron chi connectivity index (χ3n) is 2.83. The number of anilines is 1. The Bertz CT molecular complexity index is 756. The summed E-state index contributed by atoms with van der Waals surface area (Å²) >= 11 is 6.02. The van der Waals surface area contributed by atoms with Gasteiger partial charge in [0, 0.05) is 10.8 Å². The molecule has 1 N–H and O–H groups in total. The number of rotatable bonds is 3. The highest BCUT2D eigenvalue weighted by Crippen LogP contribution is 2.25. The van der Waals surface area contributed by atoms with Crippen molar-refractivity contribution in [1.29, 1.82) is 0 Å². The summed E-state index contributed by atoms with van der Waals surface area (Å²) < 4.78 is 0. The number of fused-ring (bicyclic) bond motifs is 1. The highest BCUT2D eigenvalue weighted by molar-refractivity contribution is 6.34. The third-order valence-corrected chi connectivity index (χ3v) is 3.11. The van der Waals surface area contributed by atoms with Crippen molar-refractivity contribution in [1.82, 2.24) is 10.2 Å². The lowest BCUT2D eigenvalue weighted by molar-refractivity contribution is 1.04. The zero-order valence-electron chi connectivity index (χ0n) is 10.5. The Morgan fingerprint density at radius 2 is 1.60 bits per heavy atom. The molecule has 20 heavy (non-hydrogen) atoms. The Hall–Kier alpha value is -2.46. The molecule has 0 spiro atoms. The number of aromatic nitrogens is 2. The van der Waals surface area contributed by atoms with Gasteiger partial charge in [0.1, 0.15) is 0 Å². The van der Waals surface area contributed by atoms with Crippen molar-refractivity contribution in [3.05, 3.63) is 65.3 Å². The van der Waals surface area contributed by atoms with E-state index in [1.165, 1.54) is 0 Å². The summed E-state index contributed by atoms with van der Waals surface area (Å²) in [6.07, 6.45) is 1.73. The minimum atomic E-state index is 0.387. The number of hydrazone groups is 1. The van der Waals surface area contributed by atoms with Crippen LogP contribution in [0.4, 0.5) is 5.82 Å². The van der Waals surface area contributed by atoms with Gasteiger partial charge in [-0.05, 0) is 5.56 Å². The zero-order chi connectivity index (χ0) is 13.8. The maximum Gasteiger partial charge on any atom is 0.176 e. The first kappa shape index (κ1) is 12.6. The van der Waals surface area contributed by atoms with Crippen LogP contribution in [0.15, 0.2) is 59.7 Å². The van der Waals surface area contributed by atoms with E-state index in [-0.39, 0.29) is 0 Å². The Balaban J connectivity index is 1.89. The van der Waals surface area contributed by atoms with E-state index in [2.05, 4.69) is 20.7 Å². The van der Waals surface area contributed by atoms with E-state index in [1.54, 1.807) is 6.21 Å². The standard InChI is InChI=1S/C15H11ClN4/c16-14-12-8-4-5-9-13(12)15(20-18-14)19-17-10-11-6-2-1-3-7-11/h1-10H,(H,19,20)/b17-10-. The van der Waals surface area contributed by atoms with Crippen LogP contribution in [0, 0.1) is 0 Å². The summed E-state index contributed by atoms with van der Waals surface area (Å²) in [6.45, 7) is 0. The van der Waals surface area contributed by atoms with E-state index in [1.807, 2.05) is 54.6 Å². The summed E-state index contributed by atoms with van der Waals surface area (Å²) in [6, 6.07) is 17.5. The fraction of sp³-hybridized carbons (Fsp3) is 0. The molecule has 1 aromatic heterocycles. The molecule has 2 aromatic carbocycles.